The molecule has 2 N–H and O–H groups in total. The van der Waals surface area contributed by atoms with E-state index in [0.717, 1.165) is 11.1 Å². The lowest BCUT2D eigenvalue weighted by molar-refractivity contribution is 0.212. The molecule has 0 aliphatic carbocycles. The van der Waals surface area contributed by atoms with Crippen LogP contribution in [0.4, 0.5) is 4.79 Å². The van der Waals surface area contributed by atoms with Crippen LogP contribution in [-0.2, 0) is 20.7 Å². The van der Waals surface area contributed by atoms with Crippen molar-refractivity contribution in [3.63, 3.8) is 0 Å². The summed E-state index contributed by atoms with van der Waals surface area (Å²) in [6.07, 6.45) is 0.843. The first-order valence-corrected chi connectivity index (χ1v) is 6.22. The molecule has 0 heterocycles. The summed E-state index contributed by atoms with van der Waals surface area (Å²) in [6, 6.07) is 4.44. The van der Waals surface area contributed by atoms with E-state index >= 15 is 0 Å². The summed E-state index contributed by atoms with van der Waals surface area (Å²) in [5.74, 6) is 0. The van der Waals surface area contributed by atoms with Crippen molar-refractivity contribution < 1.29 is 17.4 Å². The Hall–Kier alpha value is -1.82. The highest BCUT2D eigenvalue weighted by Gasteiger charge is 2.19. The lowest BCUT2D eigenvalue weighted by Gasteiger charge is -2.07. The van der Waals surface area contributed by atoms with Crippen LogP contribution in [0.25, 0.3) is 0 Å². The number of carbonyl (C=O) groups is 1. The fourth-order valence-electron chi connectivity index (χ4n) is 1.33. The number of carbonyl (C=O) groups excluding carboxylic acids is 1. The third kappa shape index (κ3) is 3.32. The number of hydrogen-bond acceptors (Lipinski definition) is 4. The Bertz CT molecular complexity index is 549. The third-order valence-corrected chi connectivity index (χ3v) is 3.38. The molecule has 0 saturated carbocycles. The molecule has 0 aliphatic heterocycles. The van der Waals surface area contributed by atoms with Crippen LogP contribution in [0, 0.1) is 6.92 Å². The highest BCUT2D eigenvalue weighted by molar-refractivity contribution is 7.87. The first-order valence-electron chi connectivity index (χ1n) is 4.81. The highest BCUT2D eigenvalue weighted by atomic mass is 32.2. The van der Waals surface area contributed by atoms with Gasteiger partial charge in [-0.05, 0) is 36.6 Å². The first kappa shape index (κ1) is 13.2. The predicted octanol–water partition coefficient (Wildman–Crippen LogP) is 1.51. The van der Waals surface area contributed by atoms with Crippen LogP contribution >= 0.6 is 0 Å². The topological polar surface area (TPSA) is 86.5 Å². The normalized spacial score (nSPS) is 10.9. The van der Waals surface area contributed by atoms with Gasteiger partial charge in [0.15, 0.2) is 0 Å². The van der Waals surface area contributed by atoms with Crippen molar-refractivity contribution in [2.75, 3.05) is 0 Å². The van der Waals surface area contributed by atoms with Crippen molar-refractivity contribution in [3.05, 3.63) is 42.0 Å². The van der Waals surface area contributed by atoms with Crippen molar-refractivity contribution in [3.8, 4) is 0 Å². The van der Waals surface area contributed by atoms with Gasteiger partial charge in [-0.25, -0.2) is 4.79 Å². The van der Waals surface area contributed by atoms with Gasteiger partial charge in [-0.1, -0.05) is 12.1 Å². The second-order valence-corrected chi connectivity index (χ2v) is 4.98. The molecule has 0 atom stereocenters. The van der Waals surface area contributed by atoms with Crippen LogP contribution in [0.2, 0.25) is 0 Å². The molecule has 0 aromatic heterocycles. The summed E-state index contributed by atoms with van der Waals surface area (Å²) in [5, 5.41) is 0. The summed E-state index contributed by atoms with van der Waals surface area (Å²) >= 11 is 0. The summed E-state index contributed by atoms with van der Waals surface area (Å²) in [4.78, 5) is 10.4. The zero-order valence-electron chi connectivity index (χ0n) is 9.34. The molecule has 0 aliphatic rings. The van der Waals surface area contributed by atoms with Crippen molar-refractivity contribution in [1.82, 2.24) is 0 Å². The number of aryl methyl sites for hydroxylation is 1. The first-order chi connectivity index (χ1) is 7.86. The Balaban J connectivity index is 3.19. The van der Waals surface area contributed by atoms with E-state index in [1.165, 1.54) is 12.1 Å². The molecular weight excluding hydrogens is 242 g/mol. The van der Waals surface area contributed by atoms with E-state index in [0.29, 0.717) is 6.42 Å². The third-order valence-electron chi connectivity index (χ3n) is 2.17. The molecule has 0 unspecified atom stereocenters. The molecule has 0 bridgehead atoms. The largest absolute Gasteiger partial charge is 0.420 e. The van der Waals surface area contributed by atoms with Gasteiger partial charge in [0.25, 0.3) is 0 Å². The molecule has 5 nitrogen and oxygen atoms in total. The standard InChI is InChI=1S/C11H13NO4S/c1-3-4-9-7-10(6-5-8(9)2)17(14,15)16-11(12)13/h3,5-7H,1,4H2,2H3,(H2,12,13). The zero-order valence-corrected chi connectivity index (χ0v) is 10.2. The molecule has 6 heteroatoms. The summed E-state index contributed by atoms with van der Waals surface area (Å²) in [7, 11) is -4.13. The van der Waals surface area contributed by atoms with Crippen LogP contribution in [0.5, 0.6) is 0 Å². The molecule has 1 aromatic rings. The molecule has 1 aromatic carbocycles. The van der Waals surface area contributed by atoms with Gasteiger partial charge in [0.2, 0.25) is 0 Å². The van der Waals surface area contributed by atoms with Gasteiger partial charge in [0, 0.05) is 0 Å². The Labute approximate surface area is 100 Å². The molecule has 1 amide bonds. The predicted molar refractivity (Wildman–Crippen MR) is 62.9 cm³/mol. The molecule has 0 saturated heterocycles. The lowest BCUT2D eigenvalue weighted by Crippen LogP contribution is -2.19. The summed E-state index contributed by atoms with van der Waals surface area (Å²) in [6.45, 7) is 5.43. The van der Waals surface area contributed by atoms with E-state index in [1.807, 2.05) is 6.92 Å². The summed E-state index contributed by atoms with van der Waals surface area (Å²) < 4.78 is 27.2. The van der Waals surface area contributed by atoms with Gasteiger partial charge < -0.3 is 9.92 Å². The second-order valence-electron chi connectivity index (χ2n) is 3.44. The maximum atomic E-state index is 11.6. The minimum absolute atomic E-state index is 0.0984. The highest BCUT2D eigenvalue weighted by Crippen LogP contribution is 2.18. The van der Waals surface area contributed by atoms with E-state index < -0.39 is 16.2 Å². The van der Waals surface area contributed by atoms with Crippen LogP contribution in [0.15, 0.2) is 35.7 Å². The maximum absolute atomic E-state index is 11.6. The average Bonchev–Trinajstić information content (AvgIpc) is 2.19. The number of amides is 1. The molecule has 0 spiro atoms. The lowest BCUT2D eigenvalue weighted by atomic mass is 10.1. The molecule has 1 rings (SSSR count). The van der Waals surface area contributed by atoms with E-state index in [-0.39, 0.29) is 4.90 Å². The van der Waals surface area contributed by atoms with Crippen LogP contribution < -0.4 is 5.73 Å². The quantitative estimate of drug-likeness (QED) is 0.652. The minimum atomic E-state index is -4.13. The van der Waals surface area contributed by atoms with Crippen molar-refractivity contribution >= 4 is 16.2 Å². The molecule has 0 radical (unpaired) electrons. The molecule has 17 heavy (non-hydrogen) atoms. The average molecular weight is 255 g/mol. The monoisotopic (exact) mass is 255 g/mol. The number of primary amides is 1. The second kappa shape index (κ2) is 5.01. The van der Waals surface area contributed by atoms with Gasteiger partial charge in [0.05, 0.1) is 0 Å². The van der Waals surface area contributed by atoms with Crippen LogP contribution in [0.1, 0.15) is 11.1 Å². The van der Waals surface area contributed by atoms with Crippen molar-refractivity contribution in [2.45, 2.75) is 18.2 Å². The van der Waals surface area contributed by atoms with E-state index in [2.05, 4.69) is 16.5 Å². The fourth-order valence-corrected chi connectivity index (χ4v) is 2.17. The Kier molecular flexibility index (Phi) is 3.90. The number of nitrogens with two attached hydrogens (primary N) is 1. The summed E-state index contributed by atoms with van der Waals surface area (Å²) in [5.41, 5.74) is 6.42. The molecular formula is C11H13NO4S. The van der Waals surface area contributed by atoms with Crippen LogP contribution in [0.3, 0.4) is 0 Å². The number of allylic oxidation sites excluding steroid dienone is 1. The Morgan fingerprint density at radius 2 is 2.18 bits per heavy atom. The SMILES string of the molecule is C=CCc1cc(S(=O)(=O)OC(N)=O)ccc1C. The Morgan fingerprint density at radius 1 is 1.53 bits per heavy atom. The minimum Gasteiger partial charge on any atom is -0.334 e. The maximum Gasteiger partial charge on any atom is 0.420 e. The van der Waals surface area contributed by atoms with E-state index in [1.54, 1.807) is 12.1 Å². The zero-order chi connectivity index (χ0) is 13.1. The van der Waals surface area contributed by atoms with Crippen LogP contribution in [-0.4, -0.2) is 14.5 Å². The molecule has 0 fully saturated rings. The number of hydrogen-bond donors (Lipinski definition) is 1. The van der Waals surface area contributed by atoms with E-state index in [4.69, 9.17) is 0 Å². The smallest absolute Gasteiger partial charge is 0.334 e. The van der Waals surface area contributed by atoms with Gasteiger partial charge in [-0.15, -0.1) is 6.58 Å². The molecule has 92 valence electrons. The van der Waals surface area contributed by atoms with E-state index in [9.17, 15) is 13.2 Å². The number of rotatable bonds is 4. The van der Waals surface area contributed by atoms with Gasteiger partial charge in [-0.2, -0.15) is 8.42 Å². The fraction of sp³-hybridized carbons (Fsp3) is 0.182. The van der Waals surface area contributed by atoms with Gasteiger partial charge in [0.1, 0.15) is 4.90 Å². The Morgan fingerprint density at radius 3 is 2.71 bits per heavy atom. The van der Waals surface area contributed by atoms with Crippen molar-refractivity contribution in [1.29, 1.82) is 0 Å². The van der Waals surface area contributed by atoms with Crippen molar-refractivity contribution in [2.24, 2.45) is 5.73 Å². The number of benzene rings is 1. The van der Waals surface area contributed by atoms with Gasteiger partial charge >= 0.3 is 16.2 Å². The van der Waals surface area contributed by atoms with Gasteiger partial charge in [-0.3, -0.25) is 0 Å².